The molecule has 2 rings (SSSR count). The Hall–Kier alpha value is -2.83. The van der Waals surface area contributed by atoms with Gasteiger partial charge in [-0.05, 0) is 32.8 Å². The molecule has 0 aliphatic carbocycles. The van der Waals surface area contributed by atoms with Crippen LogP contribution in [0.15, 0.2) is 42.3 Å². The molecule has 0 bridgehead atoms. The second kappa shape index (κ2) is 8.70. The molecule has 0 N–H and O–H groups in total. The molecule has 1 amide bonds. The molecule has 146 valence electrons. The number of amides is 1. The smallest absolute Gasteiger partial charge is 0.415 e. The van der Waals surface area contributed by atoms with Gasteiger partial charge in [0, 0.05) is 19.5 Å². The fraction of sp³-hybridized carbons (Fsp3) is 0.450. The van der Waals surface area contributed by atoms with Crippen LogP contribution >= 0.6 is 0 Å². The zero-order valence-corrected chi connectivity index (χ0v) is 16.1. The number of carbonyl (C=O) groups is 3. The monoisotopic (exact) mass is 375 g/mol. The second-order valence-electron chi connectivity index (χ2n) is 7.22. The molecule has 7 nitrogen and oxygen atoms in total. The zero-order chi connectivity index (χ0) is 20.0. The number of ether oxygens (including phenoxy) is 3. The van der Waals surface area contributed by atoms with Crippen molar-refractivity contribution in [1.82, 2.24) is 4.90 Å². The first-order valence-corrected chi connectivity index (χ1v) is 8.77. The maximum atomic E-state index is 12.6. The molecule has 0 spiro atoms. The Labute approximate surface area is 158 Å². The highest BCUT2D eigenvalue weighted by molar-refractivity contribution is 5.83. The van der Waals surface area contributed by atoms with E-state index in [-0.39, 0.29) is 13.0 Å². The summed E-state index contributed by atoms with van der Waals surface area (Å²) < 4.78 is 15.8. The number of hydrogen-bond donors (Lipinski definition) is 0. The lowest BCUT2D eigenvalue weighted by Crippen LogP contribution is -2.46. The molecule has 0 saturated heterocycles. The van der Waals surface area contributed by atoms with Gasteiger partial charge in [0.15, 0.2) is 0 Å². The van der Waals surface area contributed by atoms with Gasteiger partial charge in [0.05, 0.1) is 0 Å². The topological polar surface area (TPSA) is 82.1 Å². The van der Waals surface area contributed by atoms with E-state index < -0.39 is 29.7 Å². The van der Waals surface area contributed by atoms with Crippen molar-refractivity contribution in [2.75, 3.05) is 0 Å². The van der Waals surface area contributed by atoms with Gasteiger partial charge < -0.3 is 14.2 Å². The van der Waals surface area contributed by atoms with E-state index in [1.165, 1.54) is 13.1 Å². The molecule has 1 atom stereocenters. The zero-order valence-electron chi connectivity index (χ0n) is 16.1. The van der Waals surface area contributed by atoms with Crippen LogP contribution in [-0.4, -0.2) is 34.6 Å². The van der Waals surface area contributed by atoms with E-state index in [1.54, 1.807) is 20.8 Å². The third kappa shape index (κ3) is 6.44. The van der Waals surface area contributed by atoms with Crippen molar-refractivity contribution < 1.29 is 28.6 Å². The van der Waals surface area contributed by atoms with Crippen LogP contribution in [0.1, 0.15) is 46.1 Å². The Morgan fingerprint density at radius 1 is 1.15 bits per heavy atom. The van der Waals surface area contributed by atoms with E-state index >= 15 is 0 Å². The summed E-state index contributed by atoms with van der Waals surface area (Å²) in [4.78, 5) is 37.5. The fourth-order valence-corrected chi connectivity index (χ4v) is 2.54. The number of nitrogens with zero attached hydrogens (tertiary/aromatic N) is 1. The van der Waals surface area contributed by atoms with Crippen molar-refractivity contribution in [2.24, 2.45) is 0 Å². The molecule has 0 radical (unpaired) electrons. The lowest BCUT2D eigenvalue weighted by atomic mass is 10.1. The molecule has 1 aliphatic rings. The molecular formula is C20H25NO6. The summed E-state index contributed by atoms with van der Waals surface area (Å²) in [6.07, 6.45) is 1.25. The fourth-order valence-electron chi connectivity index (χ4n) is 2.54. The van der Waals surface area contributed by atoms with Crippen molar-refractivity contribution in [3.8, 4) is 0 Å². The lowest BCUT2D eigenvalue weighted by Gasteiger charge is -2.33. The molecule has 1 aromatic rings. The van der Waals surface area contributed by atoms with Gasteiger partial charge in [0.25, 0.3) is 0 Å². The minimum Gasteiger partial charge on any atom is -0.459 e. The Balaban J connectivity index is 2.13. The number of esters is 2. The summed E-state index contributed by atoms with van der Waals surface area (Å²) >= 11 is 0. The van der Waals surface area contributed by atoms with E-state index in [9.17, 15) is 14.4 Å². The molecule has 0 fully saturated rings. The van der Waals surface area contributed by atoms with Crippen LogP contribution in [0.5, 0.6) is 0 Å². The van der Waals surface area contributed by atoms with Crippen molar-refractivity contribution in [2.45, 2.75) is 58.8 Å². The molecule has 0 aromatic heterocycles. The van der Waals surface area contributed by atoms with Crippen LogP contribution in [0.4, 0.5) is 4.79 Å². The largest absolute Gasteiger partial charge is 0.459 e. The van der Waals surface area contributed by atoms with E-state index in [0.29, 0.717) is 12.2 Å². The van der Waals surface area contributed by atoms with E-state index in [1.807, 2.05) is 30.3 Å². The third-order valence-corrected chi connectivity index (χ3v) is 3.66. The summed E-state index contributed by atoms with van der Waals surface area (Å²) in [6.45, 7) is 6.58. The standard InChI is InChI=1S/C20H25NO6/c1-14(22)26-16-10-11-17(21(12-16)19(24)27-20(2,3)4)18(23)25-13-15-8-6-5-7-9-15/h5-9,12,17H,10-11,13H2,1-4H3/t17-/m0/s1. The third-order valence-electron chi connectivity index (χ3n) is 3.66. The average Bonchev–Trinajstić information content (AvgIpc) is 2.58. The predicted molar refractivity (Wildman–Crippen MR) is 97.2 cm³/mol. The Morgan fingerprint density at radius 2 is 1.81 bits per heavy atom. The van der Waals surface area contributed by atoms with Gasteiger partial charge in [0.2, 0.25) is 0 Å². The number of benzene rings is 1. The summed E-state index contributed by atoms with van der Waals surface area (Å²) in [5, 5.41) is 0. The number of rotatable bonds is 4. The summed E-state index contributed by atoms with van der Waals surface area (Å²) in [6, 6.07) is 8.42. The predicted octanol–water partition coefficient (Wildman–Crippen LogP) is 3.53. The van der Waals surface area contributed by atoms with Crippen LogP contribution in [0, 0.1) is 0 Å². The molecule has 7 heteroatoms. The van der Waals surface area contributed by atoms with E-state index in [2.05, 4.69) is 0 Å². The van der Waals surface area contributed by atoms with Crippen molar-refractivity contribution >= 4 is 18.0 Å². The number of hydrogen-bond acceptors (Lipinski definition) is 6. The van der Waals surface area contributed by atoms with Crippen molar-refractivity contribution in [3.63, 3.8) is 0 Å². The van der Waals surface area contributed by atoms with Gasteiger partial charge in [-0.15, -0.1) is 0 Å². The van der Waals surface area contributed by atoms with Gasteiger partial charge in [0.1, 0.15) is 24.0 Å². The van der Waals surface area contributed by atoms with Crippen molar-refractivity contribution in [1.29, 1.82) is 0 Å². The SMILES string of the molecule is CC(=O)OC1=CN(C(=O)OC(C)(C)C)[C@H](C(=O)OCc2ccccc2)CC1. The first-order chi connectivity index (χ1) is 12.7. The van der Waals surface area contributed by atoms with Crippen LogP contribution in [0.3, 0.4) is 0 Å². The molecule has 0 saturated carbocycles. The van der Waals surface area contributed by atoms with E-state index in [4.69, 9.17) is 14.2 Å². The number of allylic oxidation sites excluding steroid dienone is 1. The first kappa shape index (κ1) is 20.5. The highest BCUT2D eigenvalue weighted by Crippen LogP contribution is 2.25. The van der Waals surface area contributed by atoms with Crippen LogP contribution in [-0.2, 0) is 30.4 Å². The maximum absolute atomic E-state index is 12.6. The Bertz CT molecular complexity index is 720. The Kier molecular flexibility index (Phi) is 6.60. The highest BCUT2D eigenvalue weighted by atomic mass is 16.6. The van der Waals surface area contributed by atoms with Gasteiger partial charge in [-0.3, -0.25) is 9.69 Å². The lowest BCUT2D eigenvalue weighted by molar-refractivity contribution is -0.151. The minimum absolute atomic E-state index is 0.110. The summed E-state index contributed by atoms with van der Waals surface area (Å²) in [7, 11) is 0. The minimum atomic E-state index is -0.845. The van der Waals surface area contributed by atoms with Gasteiger partial charge in [-0.1, -0.05) is 30.3 Å². The molecule has 1 heterocycles. The van der Waals surface area contributed by atoms with Crippen LogP contribution in [0.2, 0.25) is 0 Å². The molecule has 0 unspecified atom stereocenters. The Morgan fingerprint density at radius 3 is 2.41 bits per heavy atom. The van der Waals surface area contributed by atoms with Crippen molar-refractivity contribution in [3.05, 3.63) is 47.9 Å². The summed E-state index contributed by atoms with van der Waals surface area (Å²) in [5.41, 5.74) is 0.115. The molecule has 1 aliphatic heterocycles. The maximum Gasteiger partial charge on any atom is 0.415 e. The van der Waals surface area contributed by atoms with Crippen LogP contribution in [0.25, 0.3) is 0 Å². The first-order valence-electron chi connectivity index (χ1n) is 8.77. The van der Waals surface area contributed by atoms with Gasteiger partial charge >= 0.3 is 18.0 Å². The van der Waals surface area contributed by atoms with Gasteiger partial charge in [-0.2, -0.15) is 0 Å². The molecular weight excluding hydrogens is 350 g/mol. The molecule has 27 heavy (non-hydrogen) atoms. The normalized spacial score (nSPS) is 17.0. The summed E-state index contributed by atoms with van der Waals surface area (Å²) in [5.74, 6) is -0.723. The highest BCUT2D eigenvalue weighted by Gasteiger charge is 2.36. The second-order valence-corrected chi connectivity index (χ2v) is 7.22. The van der Waals surface area contributed by atoms with Crippen LogP contribution < -0.4 is 0 Å². The number of carbonyl (C=O) groups excluding carboxylic acids is 3. The quantitative estimate of drug-likeness (QED) is 0.591. The molecule has 1 aromatic carbocycles. The van der Waals surface area contributed by atoms with E-state index in [0.717, 1.165) is 10.5 Å². The van der Waals surface area contributed by atoms with Gasteiger partial charge in [-0.25, -0.2) is 9.59 Å². The average molecular weight is 375 g/mol.